The molecular formula is C30H36N4O6S. The minimum atomic E-state index is -4.05. The number of hydrogen-bond donors (Lipinski definition) is 1. The van der Waals surface area contributed by atoms with Crippen LogP contribution < -0.4 is 9.62 Å². The van der Waals surface area contributed by atoms with Gasteiger partial charge in [-0.1, -0.05) is 67.6 Å². The highest BCUT2D eigenvalue weighted by Crippen LogP contribution is 2.28. The van der Waals surface area contributed by atoms with Crippen molar-refractivity contribution in [1.29, 1.82) is 0 Å². The fraction of sp³-hybridized carbons (Fsp3) is 0.333. The first-order chi connectivity index (χ1) is 19.4. The zero-order chi connectivity index (χ0) is 30.2. The Balaban J connectivity index is 2.10. The Morgan fingerprint density at radius 2 is 1.63 bits per heavy atom. The molecule has 1 N–H and O–H groups in total. The van der Waals surface area contributed by atoms with Crippen LogP contribution in [0.25, 0.3) is 0 Å². The van der Waals surface area contributed by atoms with Crippen molar-refractivity contribution in [3.05, 3.63) is 105 Å². The number of sulfonamides is 1. The number of hydrogen-bond acceptors (Lipinski definition) is 6. The van der Waals surface area contributed by atoms with Gasteiger partial charge in [-0.15, -0.1) is 0 Å². The molecule has 10 nitrogen and oxygen atoms in total. The number of aryl methyl sites for hydroxylation is 2. The molecule has 0 saturated heterocycles. The average molecular weight is 581 g/mol. The lowest BCUT2D eigenvalue weighted by molar-refractivity contribution is -0.384. The molecule has 0 spiro atoms. The number of nitro groups is 1. The van der Waals surface area contributed by atoms with Crippen LogP contribution in [0, 0.1) is 24.0 Å². The third-order valence-corrected chi connectivity index (χ3v) is 7.90. The predicted molar refractivity (Wildman–Crippen MR) is 159 cm³/mol. The molecule has 0 radical (unpaired) electrons. The van der Waals surface area contributed by atoms with Crippen LogP contribution in [0.3, 0.4) is 0 Å². The largest absolute Gasteiger partial charge is 0.354 e. The Bertz CT molecular complexity index is 1490. The fourth-order valence-corrected chi connectivity index (χ4v) is 5.36. The maximum absolute atomic E-state index is 14.1. The standard InChI is InChI=1S/C30H36N4O6S/c1-5-17-31-30(36)28(18-24-12-7-6-8-13-24)32(20-25-14-10-9-11-22(25)2)29(35)21-33(41(4,39)40)27-19-26(34(37)38)16-15-23(27)3/h6-16,19,28H,5,17-18,20-21H2,1-4H3,(H,31,36)/t28-/m1/s1. The summed E-state index contributed by atoms with van der Waals surface area (Å²) in [4.78, 5) is 39.9. The predicted octanol–water partition coefficient (Wildman–Crippen LogP) is 4.14. The number of rotatable bonds is 13. The van der Waals surface area contributed by atoms with Crippen LogP contribution in [0.5, 0.6) is 0 Å². The highest BCUT2D eigenvalue weighted by atomic mass is 32.2. The summed E-state index contributed by atoms with van der Waals surface area (Å²) in [5.41, 5.74) is 2.72. The Kier molecular flexibility index (Phi) is 10.6. The van der Waals surface area contributed by atoms with Gasteiger partial charge >= 0.3 is 0 Å². The first kappa shape index (κ1) is 31.3. The third-order valence-electron chi connectivity index (χ3n) is 6.77. The fourth-order valence-electron chi connectivity index (χ4n) is 4.47. The van der Waals surface area contributed by atoms with E-state index < -0.39 is 33.4 Å². The third kappa shape index (κ3) is 8.37. The van der Waals surface area contributed by atoms with E-state index in [1.165, 1.54) is 17.0 Å². The topological polar surface area (TPSA) is 130 Å². The second kappa shape index (κ2) is 13.9. The maximum Gasteiger partial charge on any atom is 0.271 e. The van der Waals surface area contributed by atoms with Crippen LogP contribution in [0.4, 0.5) is 11.4 Å². The molecule has 1 atom stereocenters. The van der Waals surface area contributed by atoms with Gasteiger partial charge in [-0.3, -0.25) is 24.0 Å². The number of carbonyl (C=O) groups excluding carboxylic acids is 2. The van der Waals surface area contributed by atoms with Gasteiger partial charge < -0.3 is 10.2 Å². The molecule has 0 bridgehead atoms. The zero-order valence-corrected chi connectivity index (χ0v) is 24.6. The first-order valence-corrected chi connectivity index (χ1v) is 15.2. The summed E-state index contributed by atoms with van der Waals surface area (Å²) >= 11 is 0. The molecule has 0 aliphatic rings. The minimum Gasteiger partial charge on any atom is -0.354 e. The number of non-ortho nitro benzene ring substituents is 1. The van der Waals surface area contributed by atoms with E-state index in [-0.39, 0.29) is 30.2 Å². The summed E-state index contributed by atoms with van der Waals surface area (Å²) in [6.07, 6.45) is 1.85. The van der Waals surface area contributed by atoms with E-state index in [0.717, 1.165) is 33.3 Å². The maximum atomic E-state index is 14.1. The van der Waals surface area contributed by atoms with Crippen LogP contribution in [0.15, 0.2) is 72.8 Å². The van der Waals surface area contributed by atoms with Crippen molar-refractivity contribution in [3.8, 4) is 0 Å². The Morgan fingerprint density at radius 1 is 0.976 bits per heavy atom. The molecule has 41 heavy (non-hydrogen) atoms. The number of carbonyl (C=O) groups is 2. The van der Waals surface area contributed by atoms with Crippen molar-refractivity contribution in [3.63, 3.8) is 0 Å². The van der Waals surface area contributed by atoms with E-state index in [1.54, 1.807) is 6.92 Å². The molecule has 0 aliphatic carbocycles. The monoisotopic (exact) mass is 580 g/mol. The van der Waals surface area contributed by atoms with Crippen molar-refractivity contribution < 1.29 is 22.9 Å². The Hall–Kier alpha value is -4.25. The van der Waals surface area contributed by atoms with Crippen molar-refractivity contribution in [2.24, 2.45) is 0 Å². The second-order valence-electron chi connectivity index (χ2n) is 9.94. The summed E-state index contributed by atoms with van der Waals surface area (Å²) in [5, 5.41) is 14.3. The van der Waals surface area contributed by atoms with Crippen molar-refractivity contribution in [2.45, 2.75) is 46.2 Å². The van der Waals surface area contributed by atoms with Gasteiger partial charge in [0.2, 0.25) is 21.8 Å². The van der Waals surface area contributed by atoms with Gasteiger partial charge in [0, 0.05) is 31.6 Å². The van der Waals surface area contributed by atoms with Gasteiger partial charge in [0.15, 0.2) is 0 Å². The highest BCUT2D eigenvalue weighted by molar-refractivity contribution is 7.92. The summed E-state index contributed by atoms with van der Waals surface area (Å²) < 4.78 is 26.8. The number of nitrogens with one attached hydrogen (secondary N) is 1. The van der Waals surface area contributed by atoms with E-state index in [9.17, 15) is 28.1 Å². The lowest BCUT2D eigenvalue weighted by Gasteiger charge is -2.34. The van der Waals surface area contributed by atoms with Gasteiger partial charge in [-0.2, -0.15) is 0 Å². The van der Waals surface area contributed by atoms with Crippen molar-refractivity contribution >= 4 is 33.2 Å². The summed E-state index contributed by atoms with van der Waals surface area (Å²) in [5.74, 6) is -0.966. The van der Waals surface area contributed by atoms with Gasteiger partial charge in [-0.25, -0.2) is 8.42 Å². The van der Waals surface area contributed by atoms with Crippen LogP contribution in [-0.4, -0.2) is 55.4 Å². The molecule has 0 aliphatic heterocycles. The molecule has 0 saturated carbocycles. The molecule has 2 amide bonds. The molecule has 3 aromatic rings. The second-order valence-corrected chi connectivity index (χ2v) is 11.8. The first-order valence-electron chi connectivity index (χ1n) is 13.3. The molecule has 11 heteroatoms. The van der Waals surface area contributed by atoms with Crippen molar-refractivity contribution in [1.82, 2.24) is 10.2 Å². The van der Waals surface area contributed by atoms with E-state index in [1.807, 2.05) is 68.4 Å². The van der Waals surface area contributed by atoms with E-state index in [0.29, 0.717) is 18.5 Å². The Labute approximate surface area is 241 Å². The molecular weight excluding hydrogens is 544 g/mol. The van der Waals surface area contributed by atoms with E-state index in [4.69, 9.17) is 0 Å². The number of amides is 2. The molecule has 0 unspecified atom stereocenters. The molecule has 3 rings (SSSR count). The zero-order valence-electron chi connectivity index (χ0n) is 23.7. The quantitative estimate of drug-likeness (QED) is 0.239. The summed E-state index contributed by atoms with van der Waals surface area (Å²) in [6, 6.07) is 19.7. The Morgan fingerprint density at radius 3 is 2.24 bits per heavy atom. The van der Waals surface area contributed by atoms with E-state index in [2.05, 4.69) is 5.32 Å². The number of benzene rings is 3. The smallest absolute Gasteiger partial charge is 0.271 e. The van der Waals surface area contributed by atoms with Gasteiger partial charge in [-0.05, 0) is 42.5 Å². The van der Waals surface area contributed by atoms with Crippen LogP contribution in [-0.2, 0) is 32.6 Å². The minimum absolute atomic E-state index is 0.0286. The highest BCUT2D eigenvalue weighted by Gasteiger charge is 2.33. The number of anilines is 1. The lowest BCUT2D eigenvalue weighted by Crippen LogP contribution is -2.53. The normalized spacial score (nSPS) is 11.9. The van der Waals surface area contributed by atoms with Crippen LogP contribution in [0.2, 0.25) is 0 Å². The van der Waals surface area contributed by atoms with Gasteiger partial charge in [0.1, 0.15) is 12.6 Å². The number of nitro benzene ring substituents is 1. The molecule has 0 fully saturated rings. The number of nitrogens with zero attached hydrogens (tertiary/aromatic N) is 3. The summed E-state index contributed by atoms with van der Waals surface area (Å²) in [7, 11) is -4.05. The molecule has 0 heterocycles. The average Bonchev–Trinajstić information content (AvgIpc) is 2.93. The van der Waals surface area contributed by atoms with Crippen LogP contribution >= 0.6 is 0 Å². The molecule has 0 aromatic heterocycles. The van der Waals surface area contributed by atoms with Crippen LogP contribution in [0.1, 0.15) is 35.6 Å². The molecule has 3 aromatic carbocycles. The molecule has 218 valence electrons. The summed E-state index contributed by atoms with van der Waals surface area (Å²) in [6.45, 7) is 5.28. The van der Waals surface area contributed by atoms with Gasteiger partial charge in [0.25, 0.3) is 5.69 Å². The van der Waals surface area contributed by atoms with E-state index >= 15 is 0 Å². The lowest BCUT2D eigenvalue weighted by atomic mass is 10.0. The SMILES string of the molecule is CCCNC(=O)[C@@H](Cc1ccccc1)N(Cc1ccccc1C)C(=O)CN(c1cc([N+](=O)[O-])ccc1C)S(C)(=O)=O. The van der Waals surface area contributed by atoms with Gasteiger partial charge in [0.05, 0.1) is 16.9 Å². The van der Waals surface area contributed by atoms with Crippen molar-refractivity contribution in [2.75, 3.05) is 23.7 Å².